The maximum atomic E-state index is 11.4. The van der Waals surface area contributed by atoms with E-state index < -0.39 is 10.1 Å². The van der Waals surface area contributed by atoms with Gasteiger partial charge in [0.15, 0.2) is 0 Å². The molecular weight excluding hydrogens is 236 g/mol. The molecule has 4 heteroatoms. The molecule has 0 unspecified atom stereocenters. The van der Waals surface area contributed by atoms with E-state index in [0.29, 0.717) is 0 Å². The topological polar surface area (TPSA) is 54.4 Å². The Bertz CT molecular complexity index is 499. The van der Waals surface area contributed by atoms with Crippen LogP contribution in [0.1, 0.15) is 49.1 Å². The lowest BCUT2D eigenvalue weighted by atomic mass is 9.83. The second-order valence-electron chi connectivity index (χ2n) is 4.85. The molecule has 0 aliphatic heterocycles. The van der Waals surface area contributed by atoms with Crippen molar-refractivity contribution in [2.75, 3.05) is 0 Å². The zero-order valence-electron chi connectivity index (χ0n) is 10.0. The van der Waals surface area contributed by atoms with Crippen molar-refractivity contribution in [1.82, 2.24) is 0 Å². The fourth-order valence-electron chi connectivity index (χ4n) is 2.64. The van der Waals surface area contributed by atoms with Gasteiger partial charge in [-0.15, -0.1) is 0 Å². The minimum absolute atomic E-state index is 0.0926. The maximum Gasteiger partial charge on any atom is 0.294 e. The van der Waals surface area contributed by atoms with E-state index >= 15 is 0 Å². The molecule has 1 fully saturated rings. The van der Waals surface area contributed by atoms with E-state index in [1.165, 1.54) is 12.5 Å². The first-order valence-electron chi connectivity index (χ1n) is 6.06. The highest BCUT2D eigenvalue weighted by Crippen LogP contribution is 2.36. The van der Waals surface area contributed by atoms with Crippen molar-refractivity contribution >= 4 is 10.1 Å². The van der Waals surface area contributed by atoms with E-state index in [4.69, 9.17) is 0 Å². The average molecular weight is 254 g/mol. The van der Waals surface area contributed by atoms with Gasteiger partial charge in [0.1, 0.15) is 0 Å². The molecule has 1 aliphatic rings. The zero-order valence-corrected chi connectivity index (χ0v) is 10.8. The zero-order chi connectivity index (χ0) is 12.5. The van der Waals surface area contributed by atoms with Gasteiger partial charge in [0, 0.05) is 0 Å². The lowest BCUT2D eigenvalue weighted by Crippen LogP contribution is -2.10. The van der Waals surface area contributed by atoms with Crippen LogP contribution in [0.25, 0.3) is 0 Å². The highest BCUT2D eigenvalue weighted by atomic mass is 32.2. The third-order valence-corrected chi connectivity index (χ3v) is 4.42. The van der Waals surface area contributed by atoms with E-state index in [-0.39, 0.29) is 10.8 Å². The highest BCUT2D eigenvalue weighted by molar-refractivity contribution is 7.85. The average Bonchev–Trinajstić information content (AvgIpc) is 2.28. The van der Waals surface area contributed by atoms with Gasteiger partial charge in [-0.1, -0.05) is 37.0 Å². The highest BCUT2D eigenvalue weighted by Gasteiger charge is 2.23. The molecule has 1 saturated carbocycles. The summed E-state index contributed by atoms with van der Waals surface area (Å²) in [6.45, 7) is 1.94. The second kappa shape index (κ2) is 4.78. The van der Waals surface area contributed by atoms with Crippen molar-refractivity contribution in [1.29, 1.82) is 0 Å². The minimum Gasteiger partial charge on any atom is -0.282 e. The molecule has 1 N–H and O–H groups in total. The van der Waals surface area contributed by atoms with E-state index in [2.05, 4.69) is 0 Å². The number of rotatable bonds is 2. The van der Waals surface area contributed by atoms with Gasteiger partial charge in [0.25, 0.3) is 10.1 Å². The summed E-state index contributed by atoms with van der Waals surface area (Å²) in [7, 11) is -4.10. The van der Waals surface area contributed by atoms with E-state index in [0.717, 1.165) is 36.8 Å². The molecule has 0 atom stereocenters. The molecule has 17 heavy (non-hydrogen) atoms. The van der Waals surface area contributed by atoms with Gasteiger partial charge in [-0.05, 0) is 37.3 Å². The smallest absolute Gasteiger partial charge is 0.282 e. The molecule has 2 rings (SSSR count). The summed E-state index contributed by atoms with van der Waals surface area (Å²) in [5, 5.41) is 0. The van der Waals surface area contributed by atoms with Gasteiger partial charge in [-0.25, -0.2) is 0 Å². The summed E-state index contributed by atoms with van der Waals surface area (Å²) in [6, 6.07) is 5.16. The standard InChI is InChI=1S/C13H18O3S/c1-10-7-8-13(17(14,15)16)12(9-10)11-5-3-2-4-6-11/h7-9,11H,2-6H2,1H3,(H,14,15,16). The van der Waals surface area contributed by atoms with Gasteiger partial charge in [0.2, 0.25) is 0 Å². The first-order chi connectivity index (χ1) is 7.98. The monoisotopic (exact) mass is 254 g/mol. The van der Waals surface area contributed by atoms with Gasteiger partial charge in [-0.3, -0.25) is 4.55 Å². The van der Waals surface area contributed by atoms with Crippen LogP contribution in [0.5, 0.6) is 0 Å². The van der Waals surface area contributed by atoms with E-state index in [1.807, 2.05) is 13.0 Å². The molecule has 0 radical (unpaired) electrons. The summed E-state index contributed by atoms with van der Waals surface area (Å²) < 4.78 is 32.0. The molecule has 0 bridgehead atoms. The summed E-state index contributed by atoms with van der Waals surface area (Å²) >= 11 is 0. The number of aryl methyl sites for hydroxylation is 1. The van der Waals surface area contributed by atoms with Crippen LogP contribution in [0.2, 0.25) is 0 Å². The Kier molecular flexibility index (Phi) is 3.54. The molecule has 0 saturated heterocycles. The molecule has 0 heterocycles. The summed E-state index contributed by atoms with van der Waals surface area (Å²) in [6.07, 6.45) is 5.55. The summed E-state index contributed by atoms with van der Waals surface area (Å²) in [5.41, 5.74) is 1.84. The van der Waals surface area contributed by atoms with Crippen molar-refractivity contribution in [3.05, 3.63) is 29.3 Å². The first-order valence-corrected chi connectivity index (χ1v) is 7.50. The lowest BCUT2D eigenvalue weighted by molar-refractivity contribution is 0.434. The fraction of sp³-hybridized carbons (Fsp3) is 0.538. The predicted molar refractivity (Wildman–Crippen MR) is 66.8 cm³/mol. The van der Waals surface area contributed by atoms with Gasteiger partial charge >= 0.3 is 0 Å². The number of benzene rings is 1. The lowest BCUT2D eigenvalue weighted by Gasteiger charge is -2.23. The number of hydrogen-bond acceptors (Lipinski definition) is 2. The van der Waals surface area contributed by atoms with Gasteiger partial charge in [-0.2, -0.15) is 8.42 Å². The Balaban J connectivity index is 2.46. The Morgan fingerprint density at radius 3 is 2.41 bits per heavy atom. The molecule has 1 aromatic carbocycles. The van der Waals surface area contributed by atoms with Crippen LogP contribution in [0.3, 0.4) is 0 Å². The van der Waals surface area contributed by atoms with Crippen LogP contribution >= 0.6 is 0 Å². The fourth-order valence-corrected chi connectivity index (χ4v) is 3.40. The Labute approximate surface area is 103 Å². The first kappa shape index (κ1) is 12.6. The van der Waals surface area contributed by atoms with E-state index in [9.17, 15) is 13.0 Å². The van der Waals surface area contributed by atoms with Crippen molar-refractivity contribution < 1.29 is 13.0 Å². The minimum atomic E-state index is -4.10. The molecule has 3 nitrogen and oxygen atoms in total. The predicted octanol–water partition coefficient (Wildman–Crippen LogP) is 3.29. The van der Waals surface area contributed by atoms with Crippen molar-refractivity contribution in [2.24, 2.45) is 0 Å². The maximum absolute atomic E-state index is 11.4. The normalized spacial score (nSPS) is 18.2. The molecule has 1 aromatic rings. The van der Waals surface area contributed by atoms with Crippen molar-refractivity contribution in [2.45, 2.75) is 49.8 Å². The molecule has 94 valence electrons. The summed E-state index contributed by atoms with van der Waals surface area (Å²) in [5.74, 6) is 0.278. The second-order valence-corrected chi connectivity index (χ2v) is 6.24. The van der Waals surface area contributed by atoms with Crippen LogP contribution < -0.4 is 0 Å². The molecule has 0 amide bonds. The third kappa shape index (κ3) is 2.87. The largest absolute Gasteiger partial charge is 0.294 e. The molecule has 0 spiro atoms. The molecule has 1 aliphatic carbocycles. The number of hydrogen-bond donors (Lipinski definition) is 1. The Hall–Kier alpha value is -0.870. The Morgan fingerprint density at radius 1 is 1.18 bits per heavy atom. The van der Waals surface area contributed by atoms with E-state index in [1.54, 1.807) is 6.07 Å². The van der Waals surface area contributed by atoms with Crippen LogP contribution in [-0.2, 0) is 10.1 Å². The van der Waals surface area contributed by atoms with Gasteiger partial charge in [0.05, 0.1) is 4.90 Å². The SMILES string of the molecule is Cc1ccc(S(=O)(=O)O)c(C2CCCCC2)c1. The summed E-state index contributed by atoms with van der Waals surface area (Å²) in [4.78, 5) is 0.0926. The molecular formula is C13H18O3S. The quantitative estimate of drug-likeness (QED) is 0.824. The van der Waals surface area contributed by atoms with Crippen molar-refractivity contribution in [3.8, 4) is 0 Å². The third-order valence-electron chi connectivity index (χ3n) is 3.49. The van der Waals surface area contributed by atoms with Crippen LogP contribution in [-0.4, -0.2) is 13.0 Å². The van der Waals surface area contributed by atoms with Crippen LogP contribution in [0.4, 0.5) is 0 Å². The molecule has 0 aromatic heterocycles. The van der Waals surface area contributed by atoms with Gasteiger partial charge < -0.3 is 0 Å². The van der Waals surface area contributed by atoms with Crippen LogP contribution in [0.15, 0.2) is 23.1 Å². The van der Waals surface area contributed by atoms with Crippen LogP contribution in [0, 0.1) is 6.92 Å². The van der Waals surface area contributed by atoms with Crippen molar-refractivity contribution in [3.63, 3.8) is 0 Å². The Morgan fingerprint density at radius 2 is 1.82 bits per heavy atom.